The number of carbonyl (C=O) groups excluding carboxylic acids is 1. The van der Waals surface area contributed by atoms with E-state index in [-0.39, 0.29) is 17.7 Å². The number of ether oxygens (including phenoxy) is 1. The number of nitrogens with zero attached hydrogens (tertiary/aromatic N) is 1. The van der Waals surface area contributed by atoms with Gasteiger partial charge in [0.15, 0.2) is 0 Å². The van der Waals surface area contributed by atoms with E-state index >= 15 is 0 Å². The smallest absolute Gasteiger partial charge is 0.251 e. The molecule has 1 amide bonds. The van der Waals surface area contributed by atoms with Gasteiger partial charge in [-0.25, -0.2) is 0 Å². The molecule has 13 heavy (non-hydrogen) atoms. The van der Waals surface area contributed by atoms with Crippen molar-refractivity contribution in [2.75, 3.05) is 6.61 Å². The van der Waals surface area contributed by atoms with E-state index in [2.05, 4.69) is 6.58 Å². The minimum atomic E-state index is -0.162. The highest BCUT2D eigenvalue weighted by Crippen LogP contribution is 2.35. The van der Waals surface area contributed by atoms with Gasteiger partial charge in [0.05, 0.1) is 12.1 Å². The van der Waals surface area contributed by atoms with Crippen LogP contribution in [-0.4, -0.2) is 29.2 Å². The summed E-state index contributed by atoms with van der Waals surface area (Å²) in [6, 6.07) is 0. The molecule has 2 fully saturated rings. The molecule has 0 aliphatic carbocycles. The fourth-order valence-corrected chi connectivity index (χ4v) is 2.03. The van der Waals surface area contributed by atoms with Gasteiger partial charge in [-0.1, -0.05) is 6.58 Å². The largest absolute Gasteiger partial charge is 0.356 e. The Labute approximate surface area is 78.4 Å². The molecular formula is C10H15NO2. The van der Waals surface area contributed by atoms with E-state index in [1.165, 1.54) is 0 Å². The third kappa shape index (κ3) is 1.18. The monoisotopic (exact) mass is 181 g/mol. The normalized spacial score (nSPS) is 32.2. The van der Waals surface area contributed by atoms with Gasteiger partial charge in [-0.3, -0.25) is 4.79 Å². The Morgan fingerprint density at radius 2 is 2.31 bits per heavy atom. The van der Waals surface area contributed by atoms with E-state index < -0.39 is 0 Å². The zero-order valence-electron chi connectivity index (χ0n) is 8.17. The van der Waals surface area contributed by atoms with Gasteiger partial charge in [0.2, 0.25) is 0 Å². The summed E-state index contributed by atoms with van der Waals surface area (Å²) in [6.07, 6.45) is 1.66. The van der Waals surface area contributed by atoms with Gasteiger partial charge in [0, 0.05) is 5.57 Å². The number of hydrogen-bond donors (Lipinski definition) is 0. The number of rotatable bonds is 0. The maximum absolute atomic E-state index is 11.8. The first-order valence-electron chi connectivity index (χ1n) is 4.65. The molecule has 0 radical (unpaired) electrons. The van der Waals surface area contributed by atoms with Gasteiger partial charge < -0.3 is 9.64 Å². The second-order valence-corrected chi connectivity index (χ2v) is 4.40. The van der Waals surface area contributed by atoms with Crippen molar-refractivity contribution >= 4 is 5.91 Å². The van der Waals surface area contributed by atoms with E-state index in [0.717, 1.165) is 18.4 Å². The number of fused-ring (bicyclic) bond motifs is 1. The molecule has 3 nitrogen and oxygen atoms in total. The van der Waals surface area contributed by atoms with Crippen LogP contribution in [0.15, 0.2) is 12.2 Å². The summed E-state index contributed by atoms with van der Waals surface area (Å²) in [5.74, 6) is 0.0683. The third-order valence-electron chi connectivity index (χ3n) is 2.78. The summed E-state index contributed by atoms with van der Waals surface area (Å²) >= 11 is 0. The molecule has 0 bridgehead atoms. The number of piperidine rings is 1. The molecular weight excluding hydrogens is 166 g/mol. The Morgan fingerprint density at radius 3 is 3.00 bits per heavy atom. The lowest BCUT2D eigenvalue weighted by Gasteiger charge is -2.37. The molecule has 2 aliphatic heterocycles. The van der Waals surface area contributed by atoms with Crippen molar-refractivity contribution in [1.29, 1.82) is 0 Å². The van der Waals surface area contributed by atoms with Crippen molar-refractivity contribution in [3.8, 4) is 0 Å². The number of carbonyl (C=O) groups is 1. The maximum atomic E-state index is 11.8. The van der Waals surface area contributed by atoms with Crippen molar-refractivity contribution in [2.45, 2.75) is 38.5 Å². The molecule has 0 spiro atoms. The van der Waals surface area contributed by atoms with Crippen LogP contribution in [0.2, 0.25) is 0 Å². The standard InChI is InChI=1S/C10H15NO2/c1-7-4-5-8-11(9(7)12)10(2,3)6-13-8/h8H,1,4-6H2,2-3H3. The van der Waals surface area contributed by atoms with Crippen LogP contribution in [0.5, 0.6) is 0 Å². The zero-order chi connectivity index (χ0) is 9.64. The zero-order valence-corrected chi connectivity index (χ0v) is 8.17. The molecule has 0 saturated carbocycles. The third-order valence-corrected chi connectivity index (χ3v) is 2.78. The Hall–Kier alpha value is -0.830. The lowest BCUT2D eigenvalue weighted by molar-refractivity contribution is -0.138. The Balaban J connectivity index is 2.30. The van der Waals surface area contributed by atoms with E-state index in [9.17, 15) is 4.79 Å². The SMILES string of the molecule is C=C1CCC2OCC(C)(C)N2C1=O. The van der Waals surface area contributed by atoms with Crippen molar-refractivity contribution in [3.05, 3.63) is 12.2 Å². The quantitative estimate of drug-likeness (QED) is 0.527. The van der Waals surface area contributed by atoms with Gasteiger partial charge in [-0.15, -0.1) is 0 Å². The van der Waals surface area contributed by atoms with Crippen LogP contribution in [0.4, 0.5) is 0 Å². The first-order chi connectivity index (χ1) is 6.02. The van der Waals surface area contributed by atoms with Gasteiger partial charge >= 0.3 is 0 Å². The molecule has 1 atom stereocenters. The highest BCUT2D eigenvalue weighted by molar-refractivity contribution is 5.94. The summed E-state index contributed by atoms with van der Waals surface area (Å²) in [5, 5.41) is 0. The van der Waals surface area contributed by atoms with Crippen LogP contribution in [0, 0.1) is 0 Å². The van der Waals surface area contributed by atoms with E-state index in [4.69, 9.17) is 4.74 Å². The minimum absolute atomic E-state index is 0.00648. The number of amides is 1. The fourth-order valence-electron chi connectivity index (χ4n) is 2.03. The molecule has 0 aromatic carbocycles. The van der Waals surface area contributed by atoms with E-state index in [0.29, 0.717) is 6.61 Å². The molecule has 2 rings (SSSR count). The molecule has 2 saturated heterocycles. The van der Waals surface area contributed by atoms with Crippen molar-refractivity contribution < 1.29 is 9.53 Å². The molecule has 72 valence electrons. The minimum Gasteiger partial charge on any atom is -0.356 e. The predicted molar refractivity (Wildman–Crippen MR) is 49.0 cm³/mol. The summed E-state index contributed by atoms with van der Waals surface area (Å²) < 4.78 is 5.55. The van der Waals surface area contributed by atoms with Crippen LogP contribution >= 0.6 is 0 Å². The number of hydrogen-bond acceptors (Lipinski definition) is 2. The van der Waals surface area contributed by atoms with Crippen LogP contribution in [0.1, 0.15) is 26.7 Å². The van der Waals surface area contributed by atoms with Crippen LogP contribution in [-0.2, 0) is 9.53 Å². The topological polar surface area (TPSA) is 29.5 Å². The maximum Gasteiger partial charge on any atom is 0.251 e. The molecule has 1 unspecified atom stereocenters. The molecule has 0 N–H and O–H groups in total. The van der Waals surface area contributed by atoms with Gasteiger partial charge in [-0.05, 0) is 26.7 Å². The summed E-state index contributed by atoms with van der Waals surface area (Å²) in [4.78, 5) is 13.6. The predicted octanol–water partition coefficient (Wildman–Crippen LogP) is 1.30. The summed E-state index contributed by atoms with van der Waals surface area (Å²) in [7, 11) is 0. The molecule has 3 heteroatoms. The molecule has 2 aliphatic rings. The first kappa shape index (κ1) is 8.75. The first-order valence-corrected chi connectivity index (χ1v) is 4.65. The Bertz CT molecular complexity index is 270. The van der Waals surface area contributed by atoms with Gasteiger partial charge in [0.25, 0.3) is 5.91 Å². The van der Waals surface area contributed by atoms with Crippen LogP contribution in [0.25, 0.3) is 0 Å². The van der Waals surface area contributed by atoms with Crippen molar-refractivity contribution in [3.63, 3.8) is 0 Å². The fraction of sp³-hybridized carbons (Fsp3) is 0.700. The van der Waals surface area contributed by atoms with Crippen molar-refractivity contribution in [2.24, 2.45) is 0 Å². The average Bonchev–Trinajstić information content (AvgIpc) is 2.35. The highest BCUT2D eigenvalue weighted by atomic mass is 16.5. The molecule has 0 aromatic heterocycles. The highest BCUT2D eigenvalue weighted by Gasteiger charge is 2.46. The van der Waals surface area contributed by atoms with E-state index in [1.807, 2.05) is 18.7 Å². The summed E-state index contributed by atoms with van der Waals surface area (Å²) in [6.45, 7) is 8.47. The lowest BCUT2D eigenvalue weighted by atomic mass is 9.98. The average molecular weight is 181 g/mol. The van der Waals surface area contributed by atoms with Gasteiger partial charge in [-0.2, -0.15) is 0 Å². The lowest BCUT2D eigenvalue weighted by Crippen LogP contribution is -2.50. The van der Waals surface area contributed by atoms with Crippen molar-refractivity contribution in [1.82, 2.24) is 4.90 Å². The van der Waals surface area contributed by atoms with E-state index in [1.54, 1.807) is 0 Å². The Morgan fingerprint density at radius 1 is 1.62 bits per heavy atom. The summed E-state index contributed by atoms with van der Waals surface area (Å²) in [5.41, 5.74) is 0.556. The second-order valence-electron chi connectivity index (χ2n) is 4.40. The van der Waals surface area contributed by atoms with Crippen LogP contribution in [0.3, 0.4) is 0 Å². The molecule has 0 aromatic rings. The second kappa shape index (κ2) is 2.58. The van der Waals surface area contributed by atoms with Crippen LogP contribution < -0.4 is 0 Å². The molecule has 2 heterocycles. The Kier molecular flexibility index (Phi) is 1.74. The van der Waals surface area contributed by atoms with Gasteiger partial charge in [0.1, 0.15) is 6.23 Å².